The molecule has 3 rings (SSSR count). The molecule has 2 heterocycles. The first-order valence-electron chi connectivity index (χ1n) is 12.5. The molecular formula is C28H34FNO5. The van der Waals surface area contributed by atoms with E-state index in [1.54, 1.807) is 30.5 Å². The molecule has 7 heteroatoms. The summed E-state index contributed by atoms with van der Waals surface area (Å²) >= 11 is 0. The Morgan fingerprint density at radius 1 is 1.00 bits per heavy atom. The third-order valence-electron chi connectivity index (χ3n) is 6.05. The molecule has 0 aliphatic carbocycles. The third-order valence-corrected chi connectivity index (χ3v) is 6.05. The van der Waals surface area contributed by atoms with Gasteiger partial charge in [-0.05, 0) is 43.0 Å². The first-order chi connectivity index (χ1) is 17.0. The van der Waals surface area contributed by atoms with Crippen LogP contribution in [0.1, 0.15) is 65.2 Å². The second-order valence-electron chi connectivity index (χ2n) is 8.81. The molecule has 0 amide bonds. The van der Waals surface area contributed by atoms with Gasteiger partial charge in [-0.25, -0.2) is 14.2 Å². The summed E-state index contributed by atoms with van der Waals surface area (Å²) in [6.07, 6.45) is 9.80. The van der Waals surface area contributed by atoms with Gasteiger partial charge in [0.2, 0.25) is 5.88 Å². The van der Waals surface area contributed by atoms with Gasteiger partial charge < -0.3 is 13.9 Å². The van der Waals surface area contributed by atoms with Gasteiger partial charge in [-0.3, -0.25) is 4.79 Å². The maximum absolute atomic E-state index is 13.2. The average Bonchev–Trinajstić information content (AvgIpc) is 2.86. The lowest BCUT2D eigenvalue weighted by atomic mass is 10.1. The highest BCUT2D eigenvalue weighted by molar-refractivity contribution is 5.81. The van der Waals surface area contributed by atoms with Crippen molar-refractivity contribution in [3.63, 3.8) is 0 Å². The largest absolute Gasteiger partial charge is 0.478 e. The fourth-order valence-corrected chi connectivity index (χ4v) is 3.65. The van der Waals surface area contributed by atoms with Crippen molar-refractivity contribution in [1.82, 2.24) is 4.98 Å². The molecule has 1 unspecified atom stereocenters. The van der Waals surface area contributed by atoms with Gasteiger partial charge in [-0.2, -0.15) is 0 Å². The van der Waals surface area contributed by atoms with Crippen molar-refractivity contribution in [3.8, 4) is 17.0 Å². The van der Waals surface area contributed by atoms with Crippen LogP contribution in [-0.2, 0) is 9.53 Å². The molecule has 3 aromatic rings. The summed E-state index contributed by atoms with van der Waals surface area (Å²) in [5.74, 6) is -0.0484. The van der Waals surface area contributed by atoms with Crippen LogP contribution in [0.3, 0.4) is 0 Å². The van der Waals surface area contributed by atoms with Crippen LogP contribution in [0.2, 0.25) is 0 Å². The monoisotopic (exact) mass is 483 g/mol. The molecule has 0 N–H and O–H groups in total. The molecule has 0 saturated heterocycles. The zero-order valence-corrected chi connectivity index (χ0v) is 20.6. The SMILES string of the molecule is CCC(C)C(=O)OCCCCCCCCCOc1cc2oc(=O)c(-c3ccc(F)cc3)cc2cn1. The van der Waals surface area contributed by atoms with E-state index in [1.165, 1.54) is 12.1 Å². The van der Waals surface area contributed by atoms with Crippen LogP contribution in [0.5, 0.6) is 5.88 Å². The summed E-state index contributed by atoms with van der Waals surface area (Å²) in [5, 5.41) is 0.672. The minimum absolute atomic E-state index is 0.0127. The number of rotatable bonds is 14. The van der Waals surface area contributed by atoms with Crippen LogP contribution in [0.4, 0.5) is 4.39 Å². The van der Waals surface area contributed by atoms with Crippen molar-refractivity contribution < 1.29 is 23.1 Å². The van der Waals surface area contributed by atoms with E-state index in [9.17, 15) is 14.0 Å². The average molecular weight is 484 g/mol. The molecule has 0 saturated carbocycles. The second kappa shape index (κ2) is 13.6. The van der Waals surface area contributed by atoms with Crippen LogP contribution in [0.15, 0.2) is 51.8 Å². The normalized spacial score (nSPS) is 12.0. The van der Waals surface area contributed by atoms with Gasteiger partial charge in [0.05, 0.1) is 24.7 Å². The Labute approximate surface area is 205 Å². The summed E-state index contributed by atoms with van der Waals surface area (Å²) in [4.78, 5) is 28.3. The Morgan fingerprint density at radius 2 is 1.66 bits per heavy atom. The Bertz CT molecular complexity index is 1140. The number of benzene rings is 1. The van der Waals surface area contributed by atoms with Crippen molar-refractivity contribution in [2.24, 2.45) is 5.92 Å². The molecule has 6 nitrogen and oxygen atoms in total. The molecule has 0 radical (unpaired) electrons. The summed E-state index contributed by atoms with van der Waals surface area (Å²) in [6, 6.07) is 9.03. The predicted octanol–water partition coefficient (Wildman–Crippen LogP) is 6.69. The standard InChI is InChI=1S/C28H34FNO5/c1-3-20(2)27(31)34-16-10-8-6-4-5-7-9-15-33-26-18-25-22(19-30-26)17-24(28(32)35-25)21-11-13-23(29)14-12-21/h11-14,17-20H,3-10,15-16H2,1-2H3. The first kappa shape index (κ1) is 26.4. The van der Waals surface area contributed by atoms with E-state index < -0.39 is 5.63 Å². The summed E-state index contributed by atoms with van der Waals surface area (Å²) in [5.41, 5.74) is 0.864. The Balaban J connectivity index is 1.33. The number of halogens is 1. The van der Waals surface area contributed by atoms with Gasteiger partial charge >= 0.3 is 11.6 Å². The number of nitrogens with zero attached hydrogens (tertiary/aromatic N) is 1. The van der Waals surface area contributed by atoms with E-state index in [0.29, 0.717) is 41.2 Å². The molecule has 35 heavy (non-hydrogen) atoms. The van der Waals surface area contributed by atoms with Gasteiger partial charge in [0, 0.05) is 17.6 Å². The fourth-order valence-electron chi connectivity index (χ4n) is 3.65. The van der Waals surface area contributed by atoms with E-state index in [0.717, 1.165) is 51.4 Å². The lowest BCUT2D eigenvalue weighted by Gasteiger charge is -2.09. The lowest BCUT2D eigenvalue weighted by Crippen LogP contribution is -2.14. The number of fused-ring (bicyclic) bond motifs is 1. The number of carbonyl (C=O) groups excluding carboxylic acids is 1. The van der Waals surface area contributed by atoms with Crippen molar-refractivity contribution in [1.29, 1.82) is 0 Å². The minimum atomic E-state index is -0.491. The number of ether oxygens (including phenoxy) is 2. The van der Waals surface area contributed by atoms with Crippen LogP contribution >= 0.6 is 0 Å². The molecule has 1 aromatic carbocycles. The summed E-state index contributed by atoms with van der Waals surface area (Å²) in [7, 11) is 0. The fraction of sp³-hybridized carbons (Fsp3) is 0.464. The summed E-state index contributed by atoms with van der Waals surface area (Å²) in [6.45, 7) is 4.94. The van der Waals surface area contributed by atoms with Crippen LogP contribution in [-0.4, -0.2) is 24.2 Å². The molecule has 188 valence electrons. The highest BCUT2D eigenvalue weighted by Crippen LogP contribution is 2.23. The molecule has 0 spiro atoms. The number of aromatic nitrogens is 1. The molecule has 0 fully saturated rings. The van der Waals surface area contributed by atoms with Gasteiger partial charge in [-0.15, -0.1) is 0 Å². The Hall–Kier alpha value is -3.22. The van der Waals surface area contributed by atoms with Crippen molar-refractivity contribution >= 4 is 16.9 Å². The highest BCUT2D eigenvalue weighted by atomic mass is 19.1. The number of esters is 1. The molecule has 0 bridgehead atoms. The van der Waals surface area contributed by atoms with Crippen LogP contribution in [0.25, 0.3) is 22.1 Å². The van der Waals surface area contributed by atoms with Gasteiger partial charge in [0.25, 0.3) is 0 Å². The van der Waals surface area contributed by atoms with Crippen LogP contribution < -0.4 is 10.4 Å². The third kappa shape index (κ3) is 8.19. The lowest BCUT2D eigenvalue weighted by molar-refractivity contribution is -0.148. The zero-order chi connectivity index (χ0) is 25.0. The quantitative estimate of drug-likeness (QED) is 0.188. The van der Waals surface area contributed by atoms with E-state index in [2.05, 4.69) is 4.98 Å². The molecular weight excluding hydrogens is 449 g/mol. The van der Waals surface area contributed by atoms with Gasteiger partial charge in [0.1, 0.15) is 11.4 Å². The number of hydrogen-bond donors (Lipinski definition) is 0. The maximum atomic E-state index is 13.2. The summed E-state index contributed by atoms with van der Waals surface area (Å²) < 4.78 is 29.6. The van der Waals surface area contributed by atoms with Gasteiger partial charge in [0.15, 0.2) is 0 Å². The number of unbranched alkanes of at least 4 members (excludes halogenated alkanes) is 6. The minimum Gasteiger partial charge on any atom is -0.478 e. The van der Waals surface area contributed by atoms with E-state index in [-0.39, 0.29) is 17.7 Å². The highest BCUT2D eigenvalue weighted by Gasteiger charge is 2.11. The number of carbonyl (C=O) groups is 1. The second-order valence-corrected chi connectivity index (χ2v) is 8.81. The first-order valence-corrected chi connectivity index (χ1v) is 12.5. The van der Waals surface area contributed by atoms with E-state index >= 15 is 0 Å². The number of hydrogen-bond acceptors (Lipinski definition) is 6. The van der Waals surface area contributed by atoms with Crippen molar-refractivity contribution in [3.05, 3.63) is 58.8 Å². The predicted molar refractivity (Wildman–Crippen MR) is 134 cm³/mol. The van der Waals surface area contributed by atoms with Crippen molar-refractivity contribution in [2.45, 2.75) is 65.2 Å². The van der Waals surface area contributed by atoms with E-state index in [4.69, 9.17) is 13.9 Å². The van der Waals surface area contributed by atoms with Gasteiger partial charge in [-0.1, -0.05) is 58.1 Å². The maximum Gasteiger partial charge on any atom is 0.344 e. The topological polar surface area (TPSA) is 78.6 Å². The molecule has 1 atom stereocenters. The number of pyridine rings is 1. The van der Waals surface area contributed by atoms with Crippen LogP contribution in [0, 0.1) is 11.7 Å². The zero-order valence-electron chi connectivity index (χ0n) is 20.6. The molecule has 2 aromatic heterocycles. The smallest absolute Gasteiger partial charge is 0.344 e. The molecule has 0 aliphatic heterocycles. The van der Waals surface area contributed by atoms with E-state index in [1.807, 2.05) is 13.8 Å². The Kier molecular flexibility index (Phi) is 10.3. The Morgan fingerprint density at radius 3 is 2.34 bits per heavy atom. The van der Waals surface area contributed by atoms with Crippen molar-refractivity contribution in [2.75, 3.05) is 13.2 Å². The molecule has 0 aliphatic rings.